The molecular weight excluding hydrogens is 418 g/mol. The molecule has 0 saturated carbocycles. The highest BCUT2D eigenvalue weighted by Gasteiger charge is 2.20. The number of ether oxygens (including phenoxy) is 1. The van der Waals surface area contributed by atoms with E-state index in [1.165, 1.54) is 26.3 Å². The lowest BCUT2D eigenvalue weighted by Gasteiger charge is -2.12. The number of hydrogen-bond acceptors (Lipinski definition) is 5. The summed E-state index contributed by atoms with van der Waals surface area (Å²) >= 11 is 5.94. The van der Waals surface area contributed by atoms with Gasteiger partial charge in [-0.15, -0.1) is 0 Å². The van der Waals surface area contributed by atoms with Crippen LogP contribution >= 0.6 is 11.6 Å². The van der Waals surface area contributed by atoms with Crippen molar-refractivity contribution in [2.45, 2.75) is 18.2 Å². The van der Waals surface area contributed by atoms with Gasteiger partial charge in [0.2, 0.25) is 0 Å². The minimum absolute atomic E-state index is 0.00133. The van der Waals surface area contributed by atoms with Crippen molar-refractivity contribution in [1.29, 1.82) is 0 Å². The van der Waals surface area contributed by atoms with Crippen LogP contribution in [0.3, 0.4) is 0 Å². The third-order valence-electron chi connectivity index (χ3n) is 4.10. The van der Waals surface area contributed by atoms with Crippen molar-refractivity contribution >= 4 is 33.6 Å². The first kappa shape index (κ1) is 22.5. The number of methoxy groups -OCH3 is 1. The SMILES string of the molecule is CNC(=O)NS(=O)(=O)c1cc(CCNC(=O)c2cc(Cl)ccc2OC)ccc1C. The van der Waals surface area contributed by atoms with Gasteiger partial charge in [0.25, 0.3) is 15.9 Å². The van der Waals surface area contributed by atoms with Gasteiger partial charge in [-0.3, -0.25) is 4.79 Å². The maximum atomic E-state index is 12.4. The molecule has 3 N–H and O–H groups in total. The molecule has 0 aliphatic heterocycles. The van der Waals surface area contributed by atoms with E-state index in [1.807, 2.05) is 4.72 Å². The smallest absolute Gasteiger partial charge is 0.328 e. The van der Waals surface area contributed by atoms with Gasteiger partial charge in [-0.2, -0.15) is 0 Å². The maximum absolute atomic E-state index is 12.4. The molecule has 0 aliphatic carbocycles. The first-order chi connectivity index (χ1) is 13.7. The van der Waals surface area contributed by atoms with Gasteiger partial charge in [0.05, 0.1) is 17.6 Å². The summed E-state index contributed by atoms with van der Waals surface area (Å²) < 4.78 is 31.8. The molecule has 0 aromatic heterocycles. The molecule has 156 valence electrons. The number of halogens is 1. The number of carbonyl (C=O) groups is 2. The number of aryl methyl sites for hydroxylation is 1. The van der Waals surface area contributed by atoms with E-state index >= 15 is 0 Å². The van der Waals surface area contributed by atoms with Gasteiger partial charge >= 0.3 is 6.03 Å². The van der Waals surface area contributed by atoms with Gasteiger partial charge in [0.1, 0.15) is 5.75 Å². The van der Waals surface area contributed by atoms with Gasteiger partial charge in [-0.25, -0.2) is 17.9 Å². The molecular formula is C19H22ClN3O5S. The third-order valence-corrected chi connectivity index (χ3v) is 5.81. The number of rotatable bonds is 7. The van der Waals surface area contributed by atoms with Crippen molar-refractivity contribution in [3.8, 4) is 5.75 Å². The second-order valence-electron chi connectivity index (χ2n) is 6.13. The maximum Gasteiger partial charge on any atom is 0.328 e. The standard InChI is InChI=1S/C19H22ClN3O5S/c1-12-4-5-13(10-17(12)29(26,27)23-19(25)21-2)8-9-22-18(24)15-11-14(20)6-7-16(15)28-3/h4-7,10-11H,8-9H2,1-3H3,(H,22,24)(H2,21,23,25). The van der Waals surface area contributed by atoms with E-state index < -0.39 is 16.1 Å². The molecule has 0 heterocycles. The zero-order chi connectivity index (χ0) is 21.6. The highest BCUT2D eigenvalue weighted by atomic mass is 35.5. The van der Waals surface area contributed by atoms with E-state index in [-0.39, 0.29) is 17.3 Å². The average molecular weight is 440 g/mol. The van der Waals surface area contributed by atoms with Crippen LogP contribution in [0.5, 0.6) is 5.75 Å². The van der Waals surface area contributed by atoms with E-state index in [2.05, 4.69) is 10.6 Å². The third kappa shape index (κ3) is 5.85. The summed E-state index contributed by atoms with van der Waals surface area (Å²) in [6, 6.07) is 8.81. The monoisotopic (exact) mass is 439 g/mol. The fraction of sp³-hybridized carbons (Fsp3) is 0.263. The van der Waals surface area contributed by atoms with Crippen LogP contribution in [-0.4, -0.2) is 41.1 Å². The minimum Gasteiger partial charge on any atom is -0.496 e. The van der Waals surface area contributed by atoms with Gasteiger partial charge in [0, 0.05) is 18.6 Å². The molecule has 2 rings (SSSR count). The van der Waals surface area contributed by atoms with E-state index in [1.54, 1.807) is 31.2 Å². The van der Waals surface area contributed by atoms with Gasteiger partial charge in [-0.1, -0.05) is 23.7 Å². The van der Waals surface area contributed by atoms with Crippen LogP contribution in [-0.2, 0) is 16.4 Å². The lowest BCUT2D eigenvalue weighted by atomic mass is 10.1. The molecule has 0 saturated heterocycles. The molecule has 0 bridgehead atoms. The molecule has 29 heavy (non-hydrogen) atoms. The normalized spacial score (nSPS) is 10.9. The first-order valence-electron chi connectivity index (χ1n) is 8.63. The average Bonchev–Trinajstić information content (AvgIpc) is 2.68. The molecule has 2 aromatic rings. The first-order valence-corrected chi connectivity index (χ1v) is 10.5. The summed E-state index contributed by atoms with van der Waals surface area (Å²) in [5.41, 5.74) is 1.49. The molecule has 0 atom stereocenters. The second-order valence-corrected chi connectivity index (χ2v) is 8.22. The fourth-order valence-electron chi connectivity index (χ4n) is 2.59. The number of hydrogen-bond donors (Lipinski definition) is 3. The topological polar surface area (TPSA) is 114 Å². The molecule has 3 amide bonds. The Hall–Kier alpha value is -2.78. The van der Waals surface area contributed by atoms with E-state index in [4.69, 9.17) is 16.3 Å². The van der Waals surface area contributed by atoms with Crippen LogP contribution in [0.25, 0.3) is 0 Å². The Morgan fingerprint density at radius 2 is 1.86 bits per heavy atom. The van der Waals surface area contributed by atoms with Crippen molar-refractivity contribution in [2.24, 2.45) is 0 Å². The molecule has 8 nitrogen and oxygen atoms in total. The molecule has 10 heteroatoms. The molecule has 2 aromatic carbocycles. The van der Waals surface area contributed by atoms with Crippen molar-refractivity contribution in [3.63, 3.8) is 0 Å². The number of benzene rings is 2. The van der Waals surface area contributed by atoms with E-state index in [9.17, 15) is 18.0 Å². The zero-order valence-electron chi connectivity index (χ0n) is 16.2. The Kier molecular flexibility index (Phi) is 7.46. The Bertz CT molecular complexity index is 1020. The van der Waals surface area contributed by atoms with E-state index in [0.717, 1.165) is 0 Å². The van der Waals surface area contributed by atoms with Gasteiger partial charge < -0.3 is 15.4 Å². The van der Waals surface area contributed by atoms with Crippen LogP contribution in [0.4, 0.5) is 4.79 Å². The van der Waals surface area contributed by atoms with Crippen molar-refractivity contribution in [2.75, 3.05) is 20.7 Å². The molecule has 0 fully saturated rings. The quantitative estimate of drug-likeness (QED) is 0.612. The fourth-order valence-corrected chi connectivity index (χ4v) is 4.02. The molecule has 0 aliphatic rings. The summed E-state index contributed by atoms with van der Waals surface area (Å²) in [6.45, 7) is 1.90. The van der Waals surface area contributed by atoms with E-state index in [0.29, 0.717) is 33.9 Å². The number of carbonyl (C=O) groups excluding carboxylic acids is 2. The number of amides is 3. The lowest BCUT2D eigenvalue weighted by molar-refractivity contribution is 0.0951. The van der Waals surface area contributed by atoms with Crippen LogP contribution in [0.2, 0.25) is 5.02 Å². The lowest BCUT2D eigenvalue weighted by Crippen LogP contribution is -2.37. The van der Waals surface area contributed by atoms with Gasteiger partial charge in [-0.05, 0) is 48.7 Å². The minimum atomic E-state index is -4.00. The second kappa shape index (κ2) is 9.62. The van der Waals surface area contributed by atoms with Crippen molar-refractivity contribution < 1.29 is 22.7 Å². The Morgan fingerprint density at radius 3 is 2.52 bits per heavy atom. The molecule has 0 unspecified atom stereocenters. The van der Waals surface area contributed by atoms with Gasteiger partial charge in [0.15, 0.2) is 0 Å². The Morgan fingerprint density at radius 1 is 1.14 bits per heavy atom. The largest absolute Gasteiger partial charge is 0.496 e. The van der Waals surface area contributed by atoms with Crippen molar-refractivity contribution in [1.82, 2.24) is 15.4 Å². The summed E-state index contributed by atoms with van der Waals surface area (Å²) in [4.78, 5) is 23.8. The van der Waals surface area contributed by atoms with Crippen LogP contribution in [0, 0.1) is 6.92 Å². The number of nitrogens with one attached hydrogen (secondary N) is 3. The van der Waals surface area contributed by atoms with Crippen LogP contribution in [0.15, 0.2) is 41.3 Å². The highest BCUT2D eigenvalue weighted by Crippen LogP contribution is 2.22. The predicted octanol–water partition coefficient (Wildman–Crippen LogP) is 2.25. The van der Waals surface area contributed by atoms with Crippen LogP contribution in [0.1, 0.15) is 21.5 Å². The zero-order valence-corrected chi connectivity index (χ0v) is 17.8. The highest BCUT2D eigenvalue weighted by molar-refractivity contribution is 7.90. The molecule has 0 radical (unpaired) electrons. The Balaban J connectivity index is 2.09. The predicted molar refractivity (Wildman–Crippen MR) is 110 cm³/mol. The number of sulfonamides is 1. The Labute approximate surface area is 174 Å². The van der Waals surface area contributed by atoms with Crippen LogP contribution < -0.4 is 20.1 Å². The molecule has 0 spiro atoms. The summed E-state index contributed by atoms with van der Waals surface area (Å²) in [5.74, 6) is 0.0430. The summed E-state index contributed by atoms with van der Waals surface area (Å²) in [6.07, 6.45) is 0.386. The van der Waals surface area contributed by atoms with Crippen molar-refractivity contribution in [3.05, 3.63) is 58.1 Å². The summed E-state index contributed by atoms with van der Waals surface area (Å²) in [5, 5.41) is 5.37. The summed E-state index contributed by atoms with van der Waals surface area (Å²) in [7, 11) is -1.22. The number of urea groups is 1.